The van der Waals surface area contributed by atoms with E-state index in [-0.39, 0.29) is 40.7 Å². The molecule has 5 aromatic rings. The highest BCUT2D eigenvalue weighted by molar-refractivity contribution is 7.90. The van der Waals surface area contributed by atoms with Gasteiger partial charge in [-0.2, -0.15) is 4.98 Å². The number of morpholine rings is 1. The zero-order chi connectivity index (χ0) is 50.8. The summed E-state index contributed by atoms with van der Waals surface area (Å²) in [6.45, 7) is 13.0. The summed E-state index contributed by atoms with van der Waals surface area (Å²) in [6, 6.07) is 22.6. The van der Waals surface area contributed by atoms with Gasteiger partial charge in [-0.05, 0) is 142 Å². The number of aromatic nitrogens is 2. The number of nitro groups is 1. The Morgan fingerprint density at radius 3 is 2.53 bits per heavy atom. The first-order valence-electron chi connectivity index (χ1n) is 26.2. The van der Waals surface area contributed by atoms with Crippen LogP contribution in [0.2, 0.25) is 0 Å². The Morgan fingerprint density at radius 1 is 0.959 bits per heavy atom. The smallest absolute Gasteiger partial charge is 0.293 e. The predicted octanol–water partition coefficient (Wildman–Crippen LogP) is 8.97. The summed E-state index contributed by atoms with van der Waals surface area (Å²) >= 11 is 0. The molecule has 1 spiro atoms. The van der Waals surface area contributed by atoms with Crippen LogP contribution in [-0.2, 0) is 19.5 Å². The van der Waals surface area contributed by atoms with Gasteiger partial charge >= 0.3 is 0 Å². The van der Waals surface area contributed by atoms with Gasteiger partial charge in [0.15, 0.2) is 0 Å². The fraction of sp³-hybridized carbons (Fsp3) is 0.527. The third-order valence-corrected chi connectivity index (χ3v) is 18.3. The van der Waals surface area contributed by atoms with Gasteiger partial charge in [0.05, 0.1) is 58.6 Å². The van der Waals surface area contributed by atoms with E-state index in [0.717, 1.165) is 75.4 Å². The Morgan fingerprint density at radius 2 is 1.75 bits per heavy atom. The van der Waals surface area contributed by atoms with Gasteiger partial charge in [0.2, 0.25) is 5.88 Å². The highest BCUT2D eigenvalue weighted by atomic mass is 32.2. The highest BCUT2D eigenvalue weighted by Gasteiger charge is 2.51. The van der Waals surface area contributed by atoms with Gasteiger partial charge in [-0.15, -0.1) is 0 Å². The summed E-state index contributed by atoms with van der Waals surface area (Å²) in [7, 11) is -4.63. The van der Waals surface area contributed by atoms with E-state index in [9.17, 15) is 28.4 Å². The monoisotopic (exact) mass is 1020 g/mol. The minimum Gasteiger partial charge on any atom is -0.468 e. The number of benzene rings is 3. The molecule has 1 amide bonds. The molecule has 3 saturated heterocycles. The number of fused-ring (bicyclic) bond motifs is 3. The number of nitro benzene ring substituents is 1. The Hall–Kier alpha value is -5.79. The Kier molecular flexibility index (Phi) is 13.2. The van der Waals surface area contributed by atoms with Crippen LogP contribution in [0.4, 0.5) is 28.4 Å². The molecule has 2 aliphatic carbocycles. The van der Waals surface area contributed by atoms with Crippen LogP contribution in [-0.4, -0.2) is 115 Å². The molecule has 18 heteroatoms. The maximum atomic E-state index is 14.8. The fourth-order valence-electron chi connectivity index (χ4n) is 13.0. The quantitative estimate of drug-likeness (QED) is 0.0681. The van der Waals surface area contributed by atoms with Gasteiger partial charge in [-0.3, -0.25) is 19.8 Å². The Balaban J connectivity index is 0.877. The Bertz CT molecular complexity index is 3000. The molecule has 0 radical (unpaired) electrons. The molecule has 11 rings (SSSR count). The highest BCUT2D eigenvalue weighted by Crippen LogP contribution is 2.55. The van der Waals surface area contributed by atoms with E-state index in [1.165, 1.54) is 23.3 Å². The van der Waals surface area contributed by atoms with Crippen molar-refractivity contribution in [1.29, 1.82) is 0 Å². The summed E-state index contributed by atoms with van der Waals surface area (Å²) in [5.41, 5.74) is 4.82. The number of carbonyl (C=O) groups excluding carboxylic acids is 1. The van der Waals surface area contributed by atoms with Crippen LogP contribution < -0.4 is 24.6 Å². The molecule has 3 aromatic carbocycles. The standard InChI is InChI=1S/C55H68N8O9S/c1-34(2)41-7-5-6-8-42(41)49-32-71-24-22-61(49)39-29-55(30-39)19-21-60(35(3)28-55)38-9-11-43(46(26-38)62-45-16-23-70-33-50(45)72-53-48(62)25-37-15-20-56-51(37)58-53)52(64)59-73(68,69)40-10-12-44(47(27-40)63(66)67)57-31-36-13-17-54(4,65)18-14-36/h5-12,15,20,25-27,34-36,39,45,49-50,57,65H,13-14,16-19,21-24,28-33H2,1-4H3,(H,56,58)(H,59,64)/t35?,36-,39?,45-,49-,50-,54-,55?/m0/s1. The van der Waals surface area contributed by atoms with Gasteiger partial charge in [0.25, 0.3) is 21.6 Å². The minimum absolute atomic E-state index is 0.112. The van der Waals surface area contributed by atoms with Crippen LogP contribution >= 0.6 is 0 Å². The lowest BCUT2D eigenvalue weighted by Gasteiger charge is -2.59. The van der Waals surface area contributed by atoms with E-state index in [0.29, 0.717) is 80.5 Å². The van der Waals surface area contributed by atoms with Gasteiger partial charge in [-0.25, -0.2) is 13.1 Å². The number of ether oxygens (including phenoxy) is 3. The molecule has 17 nitrogen and oxygen atoms in total. The number of aromatic amines is 1. The molecule has 5 fully saturated rings. The number of carbonyl (C=O) groups is 1. The maximum Gasteiger partial charge on any atom is 0.293 e. The van der Waals surface area contributed by atoms with E-state index < -0.39 is 43.1 Å². The van der Waals surface area contributed by atoms with Crippen molar-refractivity contribution in [3.05, 3.63) is 106 Å². The third-order valence-electron chi connectivity index (χ3n) is 17.0. The summed E-state index contributed by atoms with van der Waals surface area (Å²) in [4.78, 5) is 41.4. The van der Waals surface area contributed by atoms with Crippen molar-refractivity contribution in [2.24, 2.45) is 11.3 Å². The van der Waals surface area contributed by atoms with E-state index in [1.807, 2.05) is 37.4 Å². The number of nitrogens with one attached hydrogen (secondary N) is 3. The first-order valence-corrected chi connectivity index (χ1v) is 27.7. The molecule has 0 bridgehead atoms. The maximum absolute atomic E-state index is 14.8. The number of rotatable bonds is 12. The number of amides is 1. The van der Waals surface area contributed by atoms with Crippen LogP contribution in [0.1, 0.15) is 119 Å². The summed E-state index contributed by atoms with van der Waals surface area (Å²) in [6.07, 6.45) is 9.03. The van der Waals surface area contributed by atoms with Crippen LogP contribution in [0, 0.1) is 21.4 Å². The van der Waals surface area contributed by atoms with Crippen molar-refractivity contribution >= 4 is 55.4 Å². The summed E-state index contributed by atoms with van der Waals surface area (Å²) in [5.74, 6) is 0.107. The zero-order valence-corrected chi connectivity index (χ0v) is 43.0. The zero-order valence-electron chi connectivity index (χ0n) is 42.2. The largest absolute Gasteiger partial charge is 0.468 e. The van der Waals surface area contributed by atoms with Crippen LogP contribution in [0.5, 0.6) is 5.88 Å². The van der Waals surface area contributed by atoms with Crippen molar-refractivity contribution in [3.8, 4) is 5.88 Å². The number of sulfonamides is 1. The van der Waals surface area contributed by atoms with Crippen LogP contribution in [0.3, 0.4) is 0 Å². The SMILES string of the molecule is CC(C)c1ccccc1[C@@H]1COCCN1C1CC2(CCN(c3ccc(C(=O)NS(=O)(=O)c4ccc(NC[C@H]5CC[C@](C)(O)CC5)c([N+](=O)[O-])c4)c(N4c5cc6cc[nH]c6nc5O[C@H]5COCC[C@@H]54)c3)C(C)C2)C1. The first-order chi connectivity index (χ1) is 35.1. The lowest BCUT2D eigenvalue weighted by Crippen LogP contribution is -2.59. The second-order valence-electron chi connectivity index (χ2n) is 22.2. The predicted molar refractivity (Wildman–Crippen MR) is 279 cm³/mol. The number of hydrogen-bond donors (Lipinski definition) is 4. The first kappa shape index (κ1) is 49.4. The lowest BCUT2D eigenvalue weighted by atomic mass is 9.58. The molecule has 6 heterocycles. The van der Waals surface area contributed by atoms with Gasteiger partial charge in [0, 0.05) is 61.7 Å². The molecule has 4 atom stereocenters. The number of piperidine rings is 1. The molecular weight excluding hydrogens is 949 g/mol. The summed E-state index contributed by atoms with van der Waals surface area (Å²) in [5, 5.41) is 26.8. The molecule has 2 saturated carbocycles. The van der Waals surface area contributed by atoms with Crippen molar-refractivity contribution in [3.63, 3.8) is 0 Å². The minimum atomic E-state index is -4.63. The van der Waals surface area contributed by atoms with Gasteiger partial charge < -0.3 is 39.4 Å². The van der Waals surface area contributed by atoms with E-state index in [2.05, 4.69) is 74.8 Å². The fourth-order valence-corrected chi connectivity index (χ4v) is 14.0. The topological polar surface area (TPSA) is 205 Å². The molecule has 1 unspecified atom stereocenters. The van der Waals surface area contributed by atoms with E-state index in [4.69, 9.17) is 19.2 Å². The van der Waals surface area contributed by atoms with Gasteiger partial charge in [-0.1, -0.05) is 38.1 Å². The van der Waals surface area contributed by atoms with Crippen LogP contribution in [0.15, 0.2) is 83.9 Å². The van der Waals surface area contributed by atoms with Crippen molar-refractivity contribution in [2.75, 3.05) is 61.2 Å². The molecule has 4 N–H and O–H groups in total. The third kappa shape index (κ3) is 9.65. The number of hydrogen-bond acceptors (Lipinski definition) is 14. The second-order valence-corrected chi connectivity index (χ2v) is 23.9. The normalized spacial score (nSPS) is 28.5. The number of H-pyrrole nitrogens is 1. The van der Waals surface area contributed by atoms with Gasteiger partial charge in [0.1, 0.15) is 23.1 Å². The van der Waals surface area contributed by atoms with E-state index >= 15 is 0 Å². The molecule has 6 aliphatic rings. The van der Waals surface area contributed by atoms with E-state index in [1.54, 1.807) is 6.07 Å². The number of anilines is 4. The second kappa shape index (κ2) is 19.5. The summed E-state index contributed by atoms with van der Waals surface area (Å²) < 4.78 is 49.3. The molecule has 73 heavy (non-hydrogen) atoms. The molecular formula is C55H68N8O9S. The van der Waals surface area contributed by atoms with Crippen LogP contribution in [0.25, 0.3) is 11.0 Å². The number of nitrogens with zero attached hydrogens (tertiary/aromatic N) is 5. The Labute approximate surface area is 427 Å². The van der Waals surface area contributed by atoms with Crippen molar-refractivity contribution in [1.82, 2.24) is 19.6 Å². The average Bonchev–Trinajstić information content (AvgIpc) is 3.83. The lowest BCUT2D eigenvalue weighted by molar-refractivity contribution is -0.384. The van der Waals surface area contributed by atoms with Crippen molar-refractivity contribution < 1.29 is 37.5 Å². The average molecular weight is 1020 g/mol. The molecule has 388 valence electrons. The number of aliphatic hydroxyl groups is 1. The van der Waals surface area contributed by atoms with Crippen molar-refractivity contribution in [2.45, 2.75) is 132 Å². The molecule has 2 aromatic heterocycles. The molecule has 4 aliphatic heterocycles. The number of pyridine rings is 1.